The van der Waals surface area contributed by atoms with E-state index in [2.05, 4.69) is 25.3 Å². The van der Waals surface area contributed by atoms with Crippen molar-refractivity contribution in [3.63, 3.8) is 0 Å². The Kier molecular flexibility index (Phi) is 3.29. The van der Waals surface area contributed by atoms with E-state index in [-0.39, 0.29) is 5.91 Å². The zero-order chi connectivity index (χ0) is 10.5. The number of hydrogen-bond donors (Lipinski definition) is 2. The van der Waals surface area contributed by atoms with Crippen LogP contribution >= 0.6 is 0 Å². The maximum atomic E-state index is 11.5. The number of rotatable bonds is 4. The predicted molar refractivity (Wildman–Crippen MR) is 51.7 cm³/mol. The van der Waals surface area contributed by atoms with Gasteiger partial charge in [0.2, 0.25) is 12.3 Å². The van der Waals surface area contributed by atoms with Crippen LogP contribution in [0.1, 0.15) is 18.7 Å². The molecule has 1 aromatic rings. The molecule has 0 radical (unpaired) electrons. The van der Waals surface area contributed by atoms with Crippen LogP contribution in [0.15, 0.2) is 10.9 Å². The van der Waals surface area contributed by atoms with E-state index in [0.717, 1.165) is 19.5 Å². The van der Waals surface area contributed by atoms with Gasteiger partial charge in [0.05, 0.1) is 6.54 Å². The van der Waals surface area contributed by atoms with Crippen LogP contribution in [-0.4, -0.2) is 29.1 Å². The smallest absolute Gasteiger partial charge is 0.220 e. The van der Waals surface area contributed by atoms with E-state index in [1.54, 1.807) is 0 Å². The number of carbonyl (C=O) groups is 1. The van der Waals surface area contributed by atoms with E-state index in [0.29, 0.717) is 24.7 Å². The van der Waals surface area contributed by atoms with Gasteiger partial charge in [0, 0.05) is 6.42 Å². The van der Waals surface area contributed by atoms with Gasteiger partial charge in [-0.2, -0.15) is 4.98 Å². The van der Waals surface area contributed by atoms with Crippen molar-refractivity contribution in [2.24, 2.45) is 5.92 Å². The maximum absolute atomic E-state index is 11.5. The Morgan fingerprint density at radius 3 is 3.33 bits per heavy atom. The van der Waals surface area contributed by atoms with Gasteiger partial charge in [0.25, 0.3) is 0 Å². The molecule has 1 unspecified atom stereocenters. The van der Waals surface area contributed by atoms with Crippen molar-refractivity contribution in [3.05, 3.63) is 12.2 Å². The highest BCUT2D eigenvalue weighted by Gasteiger charge is 2.17. The summed E-state index contributed by atoms with van der Waals surface area (Å²) >= 11 is 0. The average Bonchev–Trinajstić information content (AvgIpc) is 2.86. The third-order valence-corrected chi connectivity index (χ3v) is 2.49. The van der Waals surface area contributed by atoms with E-state index in [4.69, 9.17) is 0 Å². The minimum absolute atomic E-state index is 0.0495. The van der Waals surface area contributed by atoms with Crippen molar-refractivity contribution in [2.45, 2.75) is 19.4 Å². The van der Waals surface area contributed by atoms with Crippen LogP contribution in [-0.2, 0) is 11.3 Å². The summed E-state index contributed by atoms with van der Waals surface area (Å²) in [5.74, 6) is 1.02. The zero-order valence-electron chi connectivity index (χ0n) is 8.40. The highest BCUT2D eigenvalue weighted by atomic mass is 16.5. The Morgan fingerprint density at radius 2 is 2.67 bits per heavy atom. The van der Waals surface area contributed by atoms with Gasteiger partial charge >= 0.3 is 0 Å². The summed E-state index contributed by atoms with van der Waals surface area (Å²) in [5.41, 5.74) is 0. The molecule has 0 bridgehead atoms. The van der Waals surface area contributed by atoms with E-state index >= 15 is 0 Å². The molecule has 2 rings (SSSR count). The van der Waals surface area contributed by atoms with Gasteiger partial charge in [-0.1, -0.05) is 5.16 Å². The van der Waals surface area contributed by atoms with Crippen molar-refractivity contribution < 1.29 is 9.32 Å². The van der Waals surface area contributed by atoms with E-state index in [1.165, 1.54) is 6.39 Å². The summed E-state index contributed by atoms with van der Waals surface area (Å²) in [6, 6.07) is 0. The number of nitrogens with zero attached hydrogens (tertiary/aromatic N) is 2. The maximum Gasteiger partial charge on any atom is 0.220 e. The van der Waals surface area contributed by atoms with Gasteiger partial charge in [0.1, 0.15) is 0 Å². The molecule has 2 N–H and O–H groups in total. The molecule has 82 valence electrons. The number of aromatic nitrogens is 2. The van der Waals surface area contributed by atoms with Crippen molar-refractivity contribution in [1.29, 1.82) is 0 Å². The van der Waals surface area contributed by atoms with Gasteiger partial charge in [-0.25, -0.2) is 0 Å². The fourth-order valence-electron chi connectivity index (χ4n) is 1.67. The lowest BCUT2D eigenvalue weighted by molar-refractivity contribution is -0.122. The average molecular weight is 210 g/mol. The monoisotopic (exact) mass is 210 g/mol. The summed E-state index contributed by atoms with van der Waals surface area (Å²) in [6.07, 6.45) is 2.91. The lowest BCUT2D eigenvalue weighted by Crippen LogP contribution is -2.26. The highest BCUT2D eigenvalue weighted by molar-refractivity contribution is 5.76. The van der Waals surface area contributed by atoms with Crippen LogP contribution in [0.2, 0.25) is 0 Å². The SMILES string of the molecule is O=C(CC1CCNC1)NCc1ncon1. The van der Waals surface area contributed by atoms with Gasteiger partial charge in [-0.3, -0.25) is 4.79 Å². The topological polar surface area (TPSA) is 80.0 Å². The first kappa shape index (κ1) is 10.1. The van der Waals surface area contributed by atoms with Crippen LogP contribution < -0.4 is 10.6 Å². The molecule has 6 nitrogen and oxygen atoms in total. The quantitative estimate of drug-likeness (QED) is 0.712. The second-order valence-corrected chi connectivity index (χ2v) is 3.69. The number of nitrogens with one attached hydrogen (secondary N) is 2. The van der Waals surface area contributed by atoms with Crippen molar-refractivity contribution in [1.82, 2.24) is 20.8 Å². The fourth-order valence-corrected chi connectivity index (χ4v) is 1.67. The van der Waals surface area contributed by atoms with Crippen molar-refractivity contribution >= 4 is 5.91 Å². The molecule has 1 atom stereocenters. The molecular formula is C9H14N4O2. The molecule has 1 aliphatic rings. The molecule has 0 saturated carbocycles. The molecule has 2 heterocycles. The van der Waals surface area contributed by atoms with Gasteiger partial charge in [-0.05, 0) is 25.4 Å². The molecule has 15 heavy (non-hydrogen) atoms. The molecule has 1 fully saturated rings. The van der Waals surface area contributed by atoms with Gasteiger partial charge in [-0.15, -0.1) is 0 Å². The Bertz CT molecular complexity index is 306. The molecule has 1 saturated heterocycles. The Labute approximate surface area is 87.4 Å². The lowest BCUT2D eigenvalue weighted by atomic mass is 10.0. The molecule has 6 heteroatoms. The molecule has 0 spiro atoms. The van der Waals surface area contributed by atoms with E-state index < -0.39 is 0 Å². The first-order valence-corrected chi connectivity index (χ1v) is 5.07. The Balaban J connectivity index is 1.68. The lowest BCUT2D eigenvalue weighted by Gasteiger charge is -2.07. The molecule has 0 aliphatic carbocycles. The minimum Gasteiger partial charge on any atom is -0.349 e. The normalized spacial score (nSPS) is 20.4. The largest absolute Gasteiger partial charge is 0.349 e. The first-order chi connectivity index (χ1) is 7.34. The van der Waals surface area contributed by atoms with Gasteiger partial charge < -0.3 is 15.2 Å². The zero-order valence-corrected chi connectivity index (χ0v) is 8.40. The Hall–Kier alpha value is -1.43. The third-order valence-electron chi connectivity index (χ3n) is 2.49. The van der Waals surface area contributed by atoms with Crippen molar-refractivity contribution in [2.75, 3.05) is 13.1 Å². The molecule has 1 aromatic heterocycles. The summed E-state index contributed by atoms with van der Waals surface area (Å²) < 4.78 is 4.56. The third kappa shape index (κ3) is 3.02. The van der Waals surface area contributed by atoms with Crippen LogP contribution in [0, 0.1) is 5.92 Å². The standard InChI is InChI=1S/C9H14N4O2/c14-9(3-7-1-2-10-4-7)11-5-8-12-6-15-13-8/h6-7,10H,1-5H2,(H,11,14). The number of hydrogen-bond acceptors (Lipinski definition) is 5. The van der Waals surface area contributed by atoms with Crippen LogP contribution in [0.4, 0.5) is 0 Å². The summed E-state index contributed by atoms with van der Waals surface area (Å²) in [4.78, 5) is 15.3. The van der Waals surface area contributed by atoms with Crippen molar-refractivity contribution in [3.8, 4) is 0 Å². The molecule has 0 aromatic carbocycles. The van der Waals surface area contributed by atoms with Crippen LogP contribution in [0.3, 0.4) is 0 Å². The van der Waals surface area contributed by atoms with E-state index in [9.17, 15) is 4.79 Å². The second kappa shape index (κ2) is 4.88. The summed E-state index contributed by atoms with van der Waals surface area (Å²) in [7, 11) is 0. The van der Waals surface area contributed by atoms with Gasteiger partial charge in [0.15, 0.2) is 5.82 Å². The summed E-state index contributed by atoms with van der Waals surface area (Å²) in [6.45, 7) is 2.30. The Morgan fingerprint density at radius 1 is 1.73 bits per heavy atom. The summed E-state index contributed by atoms with van der Waals surface area (Å²) in [5, 5.41) is 9.59. The highest BCUT2D eigenvalue weighted by Crippen LogP contribution is 2.11. The first-order valence-electron chi connectivity index (χ1n) is 5.07. The number of amides is 1. The fraction of sp³-hybridized carbons (Fsp3) is 0.667. The second-order valence-electron chi connectivity index (χ2n) is 3.69. The predicted octanol–water partition coefficient (Wildman–Crippen LogP) is -0.315. The molecular weight excluding hydrogens is 196 g/mol. The minimum atomic E-state index is 0.0495. The number of carbonyl (C=O) groups excluding carboxylic acids is 1. The molecule has 1 amide bonds. The van der Waals surface area contributed by atoms with E-state index in [1.807, 2.05) is 0 Å². The molecule has 1 aliphatic heterocycles. The van der Waals surface area contributed by atoms with Crippen LogP contribution in [0.25, 0.3) is 0 Å². The van der Waals surface area contributed by atoms with Crippen LogP contribution in [0.5, 0.6) is 0 Å².